The maximum atomic E-state index is 13.0. The van der Waals surface area contributed by atoms with E-state index in [0.717, 1.165) is 0 Å². The highest BCUT2D eigenvalue weighted by Gasteiger charge is 2.34. The number of halogens is 1. The van der Waals surface area contributed by atoms with E-state index in [2.05, 4.69) is 0 Å². The van der Waals surface area contributed by atoms with Crippen LogP contribution in [0, 0.1) is 18.7 Å². The fraction of sp³-hybridized carbons (Fsp3) is 0.316. The molecule has 0 aliphatic carbocycles. The van der Waals surface area contributed by atoms with E-state index >= 15 is 0 Å². The number of hydrogen-bond acceptors (Lipinski definition) is 3. The zero-order valence-corrected chi connectivity index (χ0v) is 14.8. The highest BCUT2D eigenvalue weighted by atomic mass is 32.2. The van der Waals surface area contributed by atoms with Crippen molar-refractivity contribution in [3.63, 3.8) is 0 Å². The molecule has 2 aromatic carbocycles. The molecule has 0 amide bonds. The van der Waals surface area contributed by atoms with E-state index in [9.17, 15) is 17.6 Å². The van der Waals surface area contributed by atoms with Crippen LogP contribution in [0.15, 0.2) is 53.4 Å². The second kappa shape index (κ2) is 7.06. The van der Waals surface area contributed by atoms with E-state index in [4.69, 9.17) is 0 Å². The van der Waals surface area contributed by atoms with Crippen LogP contribution in [0.1, 0.15) is 28.8 Å². The molecule has 0 aromatic heterocycles. The number of nitrogens with zero attached hydrogens (tertiary/aromatic N) is 1. The van der Waals surface area contributed by atoms with Crippen molar-refractivity contribution in [3.05, 3.63) is 65.5 Å². The van der Waals surface area contributed by atoms with Gasteiger partial charge in [0.05, 0.1) is 4.90 Å². The van der Waals surface area contributed by atoms with Gasteiger partial charge in [-0.15, -0.1) is 0 Å². The fourth-order valence-corrected chi connectivity index (χ4v) is 4.96. The van der Waals surface area contributed by atoms with Crippen LogP contribution < -0.4 is 0 Å². The quantitative estimate of drug-likeness (QED) is 0.784. The maximum absolute atomic E-state index is 13.0. The van der Waals surface area contributed by atoms with E-state index in [1.807, 2.05) is 0 Å². The lowest BCUT2D eigenvalue weighted by Gasteiger charge is -2.31. The Morgan fingerprint density at radius 2 is 1.80 bits per heavy atom. The zero-order chi connectivity index (χ0) is 18.0. The average molecular weight is 361 g/mol. The summed E-state index contributed by atoms with van der Waals surface area (Å²) >= 11 is 0. The number of hydrogen-bond donors (Lipinski definition) is 0. The number of carbonyl (C=O) groups excluding carboxylic acids is 1. The van der Waals surface area contributed by atoms with E-state index in [-0.39, 0.29) is 17.2 Å². The molecule has 4 nitrogen and oxygen atoms in total. The second-order valence-electron chi connectivity index (χ2n) is 6.34. The molecule has 25 heavy (non-hydrogen) atoms. The van der Waals surface area contributed by atoms with Crippen LogP contribution in [0.25, 0.3) is 0 Å². The average Bonchev–Trinajstić information content (AvgIpc) is 2.62. The van der Waals surface area contributed by atoms with E-state index in [1.54, 1.807) is 31.2 Å². The summed E-state index contributed by atoms with van der Waals surface area (Å²) < 4.78 is 40.3. The van der Waals surface area contributed by atoms with Gasteiger partial charge >= 0.3 is 0 Å². The first-order chi connectivity index (χ1) is 11.9. The van der Waals surface area contributed by atoms with Gasteiger partial charge in [-0.2, -0.15) is 4.31 Å². The molecule has 0 N–H and O–H groups in total. The summed E-state index contributed by atoms with van der Waals surface area (Å²) in [5.41, 5.74) is 1.11. The van der Waals surface area contributed by atoms with E-state index in [1.165, 1.54) is 28.6 Å². The molecule has 0 spiro atoms. The van der Waals surface area contributed by atoms with Crippen LogP contribution in [0.5, 0.6) is 0 Å². The molecule has 1 aliphatic rings. The maximum Gasteiger partial charge on any atom is 0.243 e. The molecule has 0 saturated carbocycles. The summed E-state index contributed by atoms with van der Waals surface area (Å²) in [5.74, 6) is -0.938. The Kier molecular flexibility index (Phi) is 5.01. The van der Waals surface area contributed by atoms with Gasteiger partial charge in [0, 0.05) is 24.6 Å². The first-order valence-electron chi connectivity index (χ1n) is 8.25. The van der Waals surface area contributed by atoms with Crippen LogP contribution in [-0.4, -0.2) is 31.6 Å². The summed E-state index contributed by atoms with van der Waals surface area (Å²) in [5, 5.41) is 0. The molecule has 0 bridgehead atoms. The van der Waals surface area contributed by atoms with Gasteiger partial charge in [-0.25, -0.2) is 12.8 Å². The van der Waals surface area contributed by atoms with Crippen LogP contribution >= 0.6 is 0 Å². The fourth-order valence-electron chi connectivity index (χ4n) is 3.21. The number of aryl methyl sites for hydroxylation is 1. The molecule has 1 fully saturated rings. The van der Waals surface area contributed by atoms with Gasteiger partial charge in [0.25, 0.3) is 0 Å². The molecule has 3 rings (SSSR count). The molecule has 1 aliphatic heterocycles. The molecule has 1 saturated heterocycles. The van der Waals surface area contributed by atoms with Gasteiger partial charge in [0.2, 0.25) is 10.0 Å². The largest absolute Gasteiger partial charge is 0.294 e. The van der Waals surface area contributed by atoms with E-state index < -0.39 is 21.8 Å². The second-order valence-corrected chi connectivity index (χ2v) is 8.25. The predicted octanol–water partition coefficient (Wildman–Crippen LogP) is 3.42. The Morgan fingerprint density at radius 1 is 1.12 bits per heavy atom. The number of carbonyl (C=O) groups is 1. The Labute approximate surface area is 147 Å². The summed E-state index contributed by atoms with van der Waals surface area (Å²) in [4.78, 5) is 12.9. The van der Waals surface area contributed by atoms with Crippen LogP contribution in [0.3, 0.4) is 0 Å². The SMILES string of the molecule is Cc1ccccc1S(=O)(=O)N1CCCC(C(=O)c2ccc(F)cc2)C1. The minimum atomic E-state index is -3.63. The van der Waals surface area contributed by atoms with E-state index in [0.29, 0.717) is 30.5 Å². The number of sulfonamides is 1. The Morgan fingerprint density at radius 3 is 2.48 bits per heavy atom. The topological polar surface area (TPSA) is 54.5 Å². The summed E-state index contributed by atoms with van der Waals surface area (Å²) in [6.07, 6.45) is 1.26. The van der Waals surface area contributed by atoms with Crippen LogP contribution in [-0.2, 0) is 10.0 Å². The van der Waals surface area contributed by atoms with Gasteiger partial charge < -0.3 is 0 Å². The molecule has 2 aromatic rings. The molecule has 0 radical (unpaired) electrons. The highest BCUT2D eigenvalue weighted by molar-refractivity contribution is 7.89. The lowest BCUT2D eigenvalue weighted by atomic mass is 9.91. The van der Waals surface area contributed by atoms with Crippen molar-refractivity contribution in [1.29, 1.82) is 0 Å². The number of piperidine rings is 1. The van der Waals surface area contributed by atoms with Crippen molar-refractivity contribution in [2.45, 2.75) is 24.7 Å². The molecule has 1 unspecified atom stereocenters. The van der Waals surface area contributed by atoms with Gasteiger partial charge in [-0.05, 0) is 55.7 Å². The molecule has 1 atom stereocenters. The summed E-state index contributed by atoms with van der Waals surface area (Å²) in [7, 11) is -3.63. The smallest absolute Gasteiger partial charge is 0.243 e. The molecular formula is C19H20FNO3S. The third kappa shape index (κ3) is 3.65. The monoisotopic (exact) mass is 361 g/mol. The third-order valence-electron chi connectivity index (χ3n) is 4.60. The molecule has 1 heterocycles. The first-order valence-corrected chi connectivity index (χ1v) is 9.69. The predicted molar refractivity (Wildman–Crippen MR) is 93.4 cm³/mol. The van der Waals surface area contributed by atoms with Crippen molar-refractivity contribution < 1.29 is 17.6 Å². The van der Waals surface area contributed by atoms with Gasteiger partial charge in [0.1, 0.15) is 5.82 Å². The van der Waals surface area contributed by atoms with Gasteiger partial charge in [0.15, 0.2) is 5.78 Å². The molecule has 132 valence electrons. The van der Waals surface area contributed by atoms with Crippen molar-refractivity contribution >= 4 is 15.8 Å². The lowest BCUT2D eigenvalue weighted by molar-refractivity contribution is 0.0872. The van der Waals surface area contributed by atoms with Crippen molar-refractivity contribution in [1.82, 2.24) is 4.31 Å². The molecule has 6 heteroatoms. The van der Waals surface area contributed by atoms with Crippen LogP contribution in [0.2, 0.25) is 0 Å². The zero-order valence-electron chi connectivity index (χ0n) is 14.0. The number of rotatable bonds is 4. The first kappa shape index (κ1) is 17.8. The van der Waals surface area contributed by atoms with Gasteiger partial charge in [-0.3, -0.25) is 4.79 Å². The lowest BCUT2D eigenvalue weighted by Crippen LogP contribution is -2.42. The minimum Gasteiger partial charge on any atom is -0.294 e. The number of benzene rings is 2. The van der Waals surface area contributed by atoms with Crippen molar-refractivity contribution in [3.8, 4) is 0 Å². The van der Waals surface area contributed by atoms with Crippen molar-refractivity contribution in [2.24, 2.45) is 5.92 Å². The van der Waals surface area contributed by atoms with Gasteiger partial charge in [-0.1, -0.05) is 18.2 Å². The summed E-state index contributed by atoms with van der Waals surface area (Å²) in [6, 6.07) is 12.2. The number of Topliss-reactive ketones (excluding diaryl/α,β-unsaturated/α-hetero) is 1. The summed E-state index contributed by atoms with van der Waals surface area (Å²) in [6.45, 7) is 2.33. The molecular weight excluding hydrogens is 341 g/mol. The highest BCUT2D eigenvalue weighted by Crippen LogP contribution is 2.27. The third-order valence-corrected chi connectivity index (χ3v) is 6.62. The standard InChI is InChI=1S/C19H20FNO3S/c1-14-5-2-3-7-18(14)25(23,24)21-12-4-6-16(13-21)19(22)15-8-10-17(20)11-9-15/h2-3,5,7-11,16H,4,6,12-13H2,1H3. The van der Waals surface area contributed by atoms with Crippen molar-refractivity contribution in [2.75, 3.05) is 13.1 Å². The Hall–Kier alpha value is -2.05. The Balaban J connectivity index is 1.82. The van der Waals surface area contributed by atoms with Crippen LogP contribution in [0.4, 0.5) is 4.39 Å². The Bertz CT molecular complexity index is 878. The number of ketones is 1. The minimum absolute atomic E-state index is 0.135. The normalized spacial score (nSPS) is 18.9.